The predicted molar refractivity (Wildman–Crippen MR) is 112 cm³/mol. The van der Waals surface area contributed by atoms with Gasteiger partial charge in [-0.1, -0.05) is 25.0 Å². The SMILES string of the molecule is CCOC(=O)c1c(P(=O)(OCC)c2cccs2)c2c(n1S)=CC1CC=2C1Cl. The summed E-state index contributed by atoms with van der Waals surface area (Å²) in [6.45, 7) is 3.98. The van der Waals surface area contributed by atoms with Gasteiger partial charge in [-0.3, -0.25) is 8.54 Å². The number of carbonyl (C=O) groups excluding carboxylic acids is 1. The fourth-order valence-corrected chi connectivity index (χ4v) is 8.27. The van der Waals surface area contributed by atoms with Gasteiger partial charge < -0.3 is 9.26 Å². The number of hydrogen-bond acceptors (Lipinski definition) is 6. The zero-order valence-corrected chi connectivity index (χ0v) is 18.2. The zero-order chi connectivity index (χ0) is 19.3. The topological polar surface area (TPSA) is 57.5 Å². The number of ether oxygens (including phenoxy) is 1. The number of alkyl halides is 1. The van der Waals surface area contributed by atoms with Crippen molar-refractivity contribution in [3.63, 3.8) is 0 Å². The van der Waals surface area contributed by atoms with Gasteiger partial charge in [0.2, 0.25) is 0 Å². The summed E-state index contributed by atoms with van der Waals surface area (Å²) < 4.78 is 27.4. The van der Waals surface area contributed by atoms with Gasteiger partial charge in [0.25, 0.3) is 7.37 Å². The highest BCUT2D eigenvalue weighted by Gasteiger charge is 2.44. The number of esters is 1. The molecular weight excluding hydrogens is 425 g/mol. The Morgan fingerprint density at radius 3 is 2.81 bits per heavy atom. The number of carbonyl (C=O) groups is 1. The number of thiophene rings is 1. The Hall–Kier alpha value is -0.980. The summed E-state index contributed by atoms with van der Waals surface area (Å²) in [6.07, 6.45) is 2.80. The summed E-state index contributed by atoms with van der Waals surface area (Å²) in [7, 11) is -3.52. The Bertz CT molecular complexity index is 1080. The van der Waals surface area contributed by atoms with Crippen LogP contribution in [0.25, 0.3) is 11.6 Å². The van der Waals surface area contributed by atoms with Crippen LogP contribution in [-0.4, -0.2) is 28.5 Å². The van der Waals surface area contributed by atoms with Crippen molar-refractivity contribution >= 4 is 70.7 Å². The van der Waals surface area contributed by atoms with Crippen LogP contribution in [0, 0.1) is 5.92 Å². The Morgan fingerprint density at radius 1 is 1.44 bits per heavy atom. The molecule has 2 aromatic rings. The number of aromatic nitrogens is 1. The molecule has 0 spiro atoms. The molecule has 0 amide bonds. The average molecular weight is 444 g/mol. The van der Waals surface area contributed by atoms with E-state index < -0.39 is 13.3 Å². The van der Waals surface area contributed by atoms with E-state index in [4.69, 9.17) is 20.9 Å². The van der Waals surface area contributed by atoms with Crippen LogP contribution in [0.5, 0.6) is 0 Å². The van der Waals surface area contributed by atoms with Crippen LogP contribution in [-0.2, 0) is 13.8 Å². The molecule has 2 bridgehead atoms. The van der Waals surface area contributed by atoms with Crippen molar-refractivity contribution in [3.8, 4) is 0 Å². The standard InChI is InChI=1S/C18H19ClNO4PS2/c1-3-23-18(21)16-17(25(22,24-4-2)13-6-5-7-27-13)14-11-8-10(15(11)19)9-12(14)20(16)26/h5-7,9-10,15,26H,3-4,8H2,1-2H3. The summed E-state index contributed by atoms with van der Waals surface area (Å²) in [5.41, 5.74) is 1.15. The van der Waals surface area contributed by atoms with Gasteiger partial charge in [-0.15, -0.1) is 22.9 Å². The molecule has 0 aliphatic heterocycles. The van der Waals surface area contributed by atoms with Crippen molar-refractivity contribution in [2.45, 2.75) is 25.6 Å². The minimum Gasteiger partial charge on any atom is -0.461 e. The third-order valence-corrected chi connectivity index (χ3v) is 9.97. The van der Waals surface area contributed by atoms with Crippen LogP contribution < -0.4 is 20.5 Å². The zero-order valence-electron chi connectivity index (χ0n) is 14.8. The molecule has 2 aromatic heterocycles. The van der Waals surface area contributed by atoms with E-state index in [2.05, 4.69) is 12.8 Å². The normalized spacial score (nSPS) is 22.4. The number of thiol groups is 1. The molecule has 0 aromatic carbocycles. The highest BCUT2D eigenvalue weighted by atomic mass is 35.5. The summed E-state index contributed by atoms with van der Waals surface area (Å²) in [4.78, 5) is 12.8. The maximum atomic E-state index is 14.2. The molecule has 5 rings (SSSR count). The van der Waals surface area contributed by atoms with E-state index in [0.29, 0.717) is 9.92 Å². The first-order valence-electron chi connectivity index (χ1n) is 8.73. The molecule has 3 unspecified atom stereocenters. The first-order chi connectivity index (χ1) is 12.9. The van der Waals surface area contributed by atoms with Crippen molar-refractivity contribution in [3.05, 3.63) is 33.8 Å². The Labute approximate surface area is 171 Å². The Kier molecular flexibility index (Phi) is 5.10. The second kappa shape index (κ2) is 7.12. The molecule has 144 valence electrons. The lowest BCUT2D eigenvalue weighted by Gasteiger charge is -2.36. The number of nitrogens with zero attached hydrogens (tertiary/aromatic N) is 1. The molecule has 3 atom stereocenters. The molecule has 0 N–H and O–H groups in total. The van der Waals surface area contributed by atoms with Crippen molar-refractivity contribution < 1.29 is 18.6 Å². The van der Waals surface area contributed by atoms with Gasteiger partial charge in [0.1, 0.15) is 0 Å². The molecule has 3 aliphatic rings. The van der Waals surface area contributed by atoms with Gasteiger partial charge in [0.15, 0.2) is 5.69 Å². The van der Waals surface area contributed by atoms with Crippen LogP contribution in [0.1, 0.15) is 30.8 Å². The fraction of sp³-hybridized carbons (Fsp3) is 0.389. The van der Waals surface area contributed by atoms with Crippen LogP contribution >= 0.6 is 43.1 Å². The van der Waals surface area contributed by atoms with Crippen molar-refractivity contribution in [1.29, 1.82) is 0 Å². The molecule has 1 fully saturated rings. The molecule has 0 saturated heterocycles. The molecule has 9 heteroatoms. The van der Waals surface area contributed by atoms with Crippen LogP contribution in [0.3, 0.4) is 0 Å². The highest BCUT2D eigenvalue weighted by Crippen LogP contribution is 2.48. The lowest BCUT2D eigenvalue weighted by Crippen LogP contribution is -2.50. The third-order valence-electron chi connectivity index (χ3n) is 4.89. The summed E-state index contributed by atoms with van der Waals surface area (Å²) in [6, 6.07) is 3.60. The molecule has 1 saturated carbocycles. The van der Waals surface area contributed by atoms with E-state index in [9.17, 15) is 9.36 Å². The van der Waals surface area contributed by atoms with Gasteiger partial charge in [-0.2, -0.15) is 0 Å². The minimum atomic E-state index is -3.52. The fourth-order valence-electron chi connectivity index (χ4n) is 3.72. The molecule has 3 aliphatic carbocycles. The lowest BCUT2D eigenvalue weighted by molar-refractivity contribution is 0.0520. The second-order valence-corrected chi connectivity index (χ2v) is 10.8. The maximum Gasteiger partial charge on any atom is 0.356 e. The lowest BCUT2D eigenvalue weighted by atomic mass is 9.75. The molecule has 0 radical (unpaired) electrons. The average Bonchev–Trinajstić information content (AvgIpc) is 3.29. The van der Waals surface area contributed by atoms with E-state index in [1.807, 2.05) is 17.5 Å². The molecular formula is C18H19ClNO4PS2. The summed E-state index contributed by atoms with van der Waals surface area (Å²) >= 11 is 12.4. The smallest absolute Gasteiger partial charge is 0.356 e. The largest absolute Gasteiger partial charge is 0.461 e. The van der Waals surface area contributed by atoms with Crippen molar-refractivity contribution in [2.24, 2.45) is 5.92 Å². The van der Waals surface area contributed by atoms with Crippen molar-refractivity contribution in [1.82, 2.24) is 3.97 Å². The second-order valence-electron chi connectivity index (χ2n) is 6.37. The Balaban J connectivity index is 2.12. The van der Waals surface area contributed by atoms with Gasteiger partial charge in [-0.25, -0.2) is 4.79 Å². The first kappa shape index (κ1) is 19.3. The molecule has 27 heavy (non-hydrogen) atoms. The van der Waals surface area contributed by atoms with Crippen LogP contribution in [0.15, 0.2) is 17.5 Å². The monoisotopic (exact) mass is 443 g/mol. The predicted octanol–water partition coefficient (Wildman–Crippen LogP) is 2.26. The van der Waals surface area contributed by atoms with Crippen LogP contribution in [0.2, 0.25) is 0 Å². The number of rotatable bonds is 6. The van der Waals surface area contributed by atoms with E-state index >= 15 is 0 Å². The molecule has 2 heterocycles. The highest BCUT2D eigenvalue weighted by molar-refractivity contribution is 7.80. The first-order valence-corrected chi connectivity index (χ1v) is 12.1. The molecule has 5 nitrogen and oxygen atoms in total. The maximum absolute atomic E-state index is 14.2. The van der Waals surface area contributed by atoms with Gasteiger partial charge >= 0.3 is 5.97 Å². The Morgan fingerprint density at radius 2 is 2.22 bits per heavy atom. The third kappa shape index (κ3) is 2.78. The summed E-state index contributed by atoms with van der Waals surface area (Å²) in [5, 5.41) is 3.54. The quantitative estimate of drug-likeness (QED) is 0.322. The minimum absolute atomic E-state index is 0.152. The van der Waals surface area contributed by atoms with E-state index in [1.165, 1.54) is 15.3 Å². The number of halogens is 1. The van der Waals surface area contributed by atoms with Crippen LogP contribution in [0.4, 0.5) is 0 Å². The summed E-state index contributed by atoms with van der Waals surface area (Å²) in [5.74, 6) is -0.364. The van der Waals surface area contributed by atoms with Crippen molar-refractivity contribution in [2.75, 3.05) is 13.2 Å². The number of hydrogen-bond donors (Lipinski definition) is 1. The van der Waals surface area contributed by atoms with Gasteiger partial charge in [0.05, 0.1) is 33.9 Å². The van der Waals surface area contributed by atoms with E-state index in [-0.39, 0.29) is 30.2 Å². The van der Waals surface area contributed by atoms with E-state index in [1.54, 1.807) is 19.9 Å². The van der Waals surface area contributed by atoms with Gasteiger partial charge in [0, 0.05) is 11.1 Å². The van der Waals surface area contributed by atoms with E-state index in [0.717, 1.165) is 22.6 Å². The van der Waals surface area contributed by atoms with Gasteiger partial charge in [-0.05, 0) is 37.3 Å².